The highest BCUT2D eigenvalue weighted by Crippen LogP contribution is 2.48. The molecule has 0 aliphatic heterocycles. The first-order valence-corrected chi connectivity index (χ1v) is 8.64. The van der Waals surface area contributed by atoms with Crippen LogP contribution in [0.1, 0.15) is 39.5 Å². The van der Waals surface area contributed by atoms with Crippen molar-refractivity contribution >= 4 is 9.84 Å². The highest BCUT2D eigenvalue weighted by atomic mass is 32.2. The third-order valence-electron chi connectivity index (χ3n) is 4.12. The lowest BCUT2D eigenvalue weighted by Crippen LogP contribution is -2.31. The van der Waals surface area contributed by atoms with Gasteiger partial charge in [0.25, 0.3) is 0 Å². The topological polar surface area (TPSA) is 46.2 Å². The highest BCUT2D eigenvalue weighted by Gasteiger charge is 2.40. The van der Waals surface area contributed by atoms with Gasteiger partial charge in [-0.25, -0.2) is 8.42 Å². The van der Waals surface area contributed by atoms with Crippen LogP contribution in [0.5, 0.6) is 0 Å². The molecule has 2 aliphatic carbocycles. The summed E-state index contributed by atoms with van der Waals surface area (Å²) >= 11 is 0. The van der Waals surface area contributed by atoms with Crippen LogP contribution >= 0.6 is 0 Å². The summed E-state index contributed by atoms with van der Waals surface area (Å²) in [7, 11) is -2.87. The van der Waals surface area contributed by atoms with Crippen molar-refractivity contribution in [2.75, 3.05) is 18.8 Å². The fourth-order valence-electron chi connectivity index (χ4n) is 2.49. The molecule has 0 atom stereocenters. The zero-order valence-electron chi connectivity index (χ0n) is 11.0. The number of hydrogen-bond donors (Lipinski definition) is 1. The molecule has 0 aromatic carbocycles. The van der Waals surface area contributed by atoms with Gasteiger partial charge in [0.05, 0.1) is 11.0 Å². The van der Waals surface area contributed by atoms with E-state index < -0.39 is 9.84 Å². The summed E-state index contributed by atoms with van der Waals surface area (Å²) in [6.07, 6.45) is 5.58. The average Bonchev–Trinajstić information content (AvgIpc) is 3.12. The second-order valence-corrected chi connectivity index (χ2v) is 8.64. The second-order valence-electron chi connectivity index (χ2n) is 5.96. The Labute approximate surface area is 105 Å². The number of hydrogen-bond acceptors (Lipinski definition) is 3. The Balaban J connectivity index is 1.65. The second kappa shape index (κ2) is 5.27. The first-order valence-electron chi connectivity index (χ1n) is 6.93. The maximum Gasteiger partial charge on any atom is 0.153 e. The summed E-state index contributed by atoms with van der Waals surface area (Å²) in [5, 5.41) is 3.12. The average molecular weight is 259 g/mol. The van der Waals surface area contributed by atoms with E-state index in [0.717, 1.165) is 24.3 Å². The number of sulfone groups is 1. The lowest BCUT2D eigenvalue weighted by Gasteiger charge is -2.16. The molecular weight excluding hydrogens is 234 g/mol. The molecule has 0 aromatic heterocycles. The third-order valence-corrected chi connectivity index (χ3v) is 6.33. The van der Waals surface area contributed by atoms with E-state index >= 15 is 0 Å². The summed E-state index contributed by atoms with van der Waals surface area (Å²) < 4.78 is 23.3. The molecule has 2 fully saturated rings. The molecule has 0 unspecified atom stereocenters. The SMILES string of the molecule is CC(C)S(=O)(=O)CCNCC(C1CC1)C1CC1. The Morgan fingerprint density at radius 1 is 1.12 bits per heavy atom. The van der Waals surface area contributed by atoms with Crippen LogP contribution in [0.25, 0.3) is 0 Å². The molecule has 2 aliphatic rings. The molecule has 0 saturated heterocycles. The van der Waals surface area contributed by atoms with Gasteiger partial charge < -0.3 is 5.32 Å². The molecule has 4 heteroatoms. The van der Waals surface area contributed by atoms with Crippen molar-refractivity contribution in [1.82, 2.24) is 5.32 Å². The van der Waals surface area contributed by atoms with Crippen LogP contribution in [0, 0.1) is 17.8 Å². The van der Waals surface area contributed by atoms with Gasteiger partial charge >= 0.3 is 0 Å². The zero-order valence-corrected chi connectivity index (χ0v) is 11.8. The zero-order chi connectivity index (χ0) is 12.5. The number of nitrogens with one attached hydrogen (secondary N) is 1. The molecule has 100 valence electrons. The van der Waals surface area contributed by atoms with Gasteiger partial charge in [-0.1, -0.05) is 0 Å². The molecular formula is C13H25NO2S. The Morgan fingerprint density at radius 3 is 2.06 bits per heavy atom. The first-order chi connectivity index (χ1) is 8.00. The van der Waals surface area contributed by atoms with E-state index in [1.165, 1.54) is 25.7 Å². The van der Waals surface area contributed by atoms with Gasteiger partial charge in [-0.05, 0) is 63.8 Å². The van der Waals surface area contributed by atoms with Crippen LogP contribution in [0.3, 0.4) is 0 Å². The maximum atomic E-state index is 11.6. The predicted molar refractivity (Wildman–Crippen MR) is 70.7 cm³/mol. The van der Waals surface area contributed by atoms with Crippen LogP contribution < -0.4 is 5.32 Å². The van der Waals surface area contributed by atoms with Crippen LogP contribution in [-0.4, -0.2) is 32.5 Å². The molecule has 0 spiro atoms. The fraction of sp³-hybridized carbons (Fsp3) is 1.00. The fourth-order valence-corrected chi connectivity index (χ4v) is 3.39. The van der Waals surface area contributed by atoms with Crippen LogP contribution in [0.2, 0.25) is 0 Å². The van der Waals surface area contributed by atoms with Gasteiger partial charge in [0.15, 0.2) is 9.84 Å². The van der Waals surface area contributed by atoms with Gasteiger partial charge in [0, 0.05) is 6.54 Å². The van der Waals surface area contributed by atoms with Crippen molar-refractivity contribution in [3.8, 4) is 0 Å². The van der Waals surface area contributed by atoms with Crippen LogP contribution in [0.15, 0.2) is 0 Å². The summed E-state index contributed by atoms with van der Waals surface area (Å²) in [4.78, 5) is 0. The number of rotatable bonds is 8. The van der Waals surface area contributed by atoms with Crippen LogP contribution in [0.4, 0.5) is 0 Å². The minimum absolute atomic E-state index is 0.244. The summed E-state index contributed by atoms with van der Waals surface area (Å²) in [6.45, 7) is 5.17. The monoisotopic (exact) mass is 259 g/mol. The van der Waals surface area contributed by atoms with Crippen molar-refractivity contribution in [1.29, 1.82) is 0 Å². The molecule has 17 heavy (non-hydrogen) atoms. The molecule has 1 N–H and O–H groups in total. The van der Waals surface area contributed by atoms with Gasteiger partial charge in [-0.2, -0.15) is 0 Å². The highest BCUT2D eigenvalue weighted by molar-refractivity contribution is 7.92. The van der Waals surface area contributed by atoms with E-state index in [-0.39, 0.29) is 11.0 Å². The summed E-state index contributed by atoms with van der Waals surface area (Å²) in [5.74, 6) is 3.00. The first kappa shape index (κ1) is 13.3. The van der Waals surface area contributed by atoms with Gasteiger partial charge in [-0.15, -0.1) is 0 Å². The Hall–Kier alpha value is -0.0900. The smallest absolute Gasteiger partial charge is 0.153 e. The van der Waals surface area contributed by atoms with E-state index in [2.05, 4.69) is 5.32 Å². The van der Waals surface area contributed by atoms with Gasteiger partial charge in [0.1, 0.15) is 0 Å². The van der Waals surface area contributed by atoms with Crippen molar-refractivity contribution in [2.24, 2.45) is 17.8 Å². The molecule has 2 rings (SSSR count). The van der Waals surface area contributed by atoms with E-state index in [9.17, 15) is 8.42 Å². The van der Waals surface area contributed by atoms with E-state index in [1.807, 2.05) is 0 Å². The lowest BCUT2D eigenvalue weighted by atomic mass is 9.98. The standard InChI is InChI=1S/C13H25NO2S/c1-10(2)17(15,16)8-7-14-9-13(11-3-4-11)12-5-6-12/h10-14H,3-9H2,1-2H3. The molecule has 0 heterocycles. The van der Waals surface area contributed by atoms with E-state index in [4.69, 9.17) is 0 Å². The molecule has 0 aromatic rings. The molecule has 2 saturated carbocycles. The normalized spacial score (nSPS) is 21.4. The van der Waals surface area contributed by atoms with E-state index in [0.29, 0.717) is 6.54 Å². The van der Waals surface area contributed by atoms with Crippen molar-refractivity contribution in [2.45, 2.75) is 44.8 Å². The Kier molecular flexibility index (Phi) is 4.14. The third kappa shape index (κ3) is 3.95. The molecule has 3 nitrogen and oxygen atoms in total. The van der Waals surface area contributed by atoms with Gasteiger partial charge in [-0.3, -0.25) is 0 Å². The maximum absolute atomic E-state index is 11.6. The Morgan fingerprint density at radius 2 is 1.65 bits per heavy atom. The predicted octanol–water partition coefficient (Wildman–Crippen LogP) is 1.84. The Bertz CT molecular complexity index is 330. The molecule has 0 radical (unpaired) electrons. The molecule has 0 bridgehead atoms. The quantitative estimate of drug-likeness (QED) is 0.677. The lowest BCUT2D eigenvalue weighted by molar-refractivity contribution is 0.383. The minimum atomic E-state index is -2.87. The minimum Gasteiger partial charge on any atom is -0.315 e. The summed E-state index contributed by atoms with van der Waals surface area (Å²) in [6, 6.07) is 0. The molecule has 0 amide bonds. The van der Waals surface area contributed by atoms with Crippen molar-refractivity contribution in [3.63, 3.8) is 0 Å². The van der Waals surface area contributed by atoms with E-state index in [1.54, 1.807) is 13.8 Å². The summed E-state index contributed by atoms with van der Waals surface area (Å²) in [5.41, 5.74) is 0. The van der Waals surface area contributed by atoms with Crippen LogP contribution in [-0.2, 0) is 9.84 Å². The van der Waals surface area contributed by atoms with Crippen molar-refractivity contribution in [3.05, 3.63) is 0 Å². The largest absolute Gasteiger partial charge is 0.315 e. The van der Waals surface area contributed by atoms with Crippen molar-refractivity contribution < 1.29 is 8.42 Å². The van der Waals surface area contributed by atoms with Gasteiger partial charge in [0.2, 0.25) is 0 Å².